The van der Waals surface area contributed by atoms with E-state index in [4.69, 9.17) is 0 Å². The summed E-state index contributed by atoms with van der Waals surface area (Å²) >= 11 is 0. The first-order valence-electron chi connectivity index (χ1n) is 7.09. The molecule has 6 nitrogen and oxygen atoms in total. The van der Waals surface area contributed by atoms with Crippen molar-refractivity contribution in [2.45, 2.75) is 51.6 Å². The number of aliphatic carboxylic acids is 1. The maximum absolute atomic E-state index is 12.3. The van der Waals surface area contributed by atoms with Crippen LogP contribution in [0.3, 0.4) is 0 Å². The lowest BCUT2D eigenvalue weighted by Gasteiger charge is -2.27. The van der Waals surface area contributed by atoms with E-state index in [1.54, 1.807) is 10.9 Å². The highest BCUT2D eigenvalue weighted by molar-refractivity contribution is 5.83. The number of carboxylic acid groups (broad SMARTS) is 1. The van der Waals surface area contributed by atoms with E-state index >= 15 is 0 Å². The highest BCUT2D eigenvalue weighted by Gasteiger charge is 2.30. The zero-order chi connectivity index (χ0) is 14.5. The van der Waals surface area contributed by atoms with Gasteiger partial charge in [0.15, 0.2) is 0 Å². The minimum Gasteiger partial charge on any atom is -0.480 e. The van der Waals surface area contributed by atoms with E-state index in [1.165, 1.54) is 4.90 Å². The Bertz CT molecular complexity index is 484. The van der Waals surface area contributed by atoms with Gasteiger partial charge in [0.1, 0.15) is 6.04 Å². The lowest BCUT2D eigenvalue weighted by Crippen LogP contribution is -2.44. The molecule has 0 aliphatic carbocycles. The number of hydrogen-bond acceptors (Lipinski definition) is 3. The molecule has 0 saturated carbocycles. The van der Waals surface area contributed by atoms with Gasteiger partial charge >= 0.3 is 5.97 Å². The number of aromatic nitrogens is 2. The van der Waals surface area contributed by atoms with Gasteiger partial charge in [-0.15, -0.1) is 0 Å². The van der Waals surface area contributed by atoms with Gasteiger partial charge in [0, 0.05) is 25.7 Å². The van der Waals surface area contributed by atoms with E-state index in [2.05, 4.69) is 5.10 Å². The Hall–Kier alpha value is -1.85. The van der Waals surface area contributed by atoms with Crippen LogP contribution in [0.25, 0.3) is 0 Å². The van der Waals surface area contributed by atoms with Crippen molar-refractivity contribution in [1.29, 1.82) is 0 Å². The molecule has 0 aromatic carbocycles. The first kappa shape index (κ1) is 14.6. The Kier molecular flexibility index (Phi) is 4.76. The van der Waals surface area contributed by atoms with Gasteiger partial charge in [-0.1, -0.05) is 12.8 Å². The molecule has 1 saturated heterocycles. The molecule has 1 aliphatic heterocycles. The van der Waals surface area contributed by atoms with Gasteiger partial charge in [-0.3, -0.25) is 9.48 Å². The lowest BCUT2D eigenvalue weighted by molar-refractivity contribution is -0.150. The topological polar surface area (TPSA) is 75.4 Å². The molecule has 1 amide bonds. The zero-order valence-corrected chi connectivity index (χ0v) is 11.8. The summed E-state index contributed by atoms with van der Waals surface area (Å²) in [7, 11) is 0. The smallest absolute Gasteiger partial charge is 0.326 e. The molecule has 0 bridgehead atoms. The van der Waals surface area contributed by atoms with Gasteiger partial charge in [-0.05, 0) is 25.3 Å². The SMILES string of the molecule is Cc1cnn(CCC(=O)N2CCCCCC2C(=O)O)c1. The van der Waals surface area contributed by atoms with Gasteiger partial charge in [-0.2, -0.15) is 5.10 Å². The molecule has 6 heteroatoms. The van der Waals surface area contributed by atoms with E-state index in [1.807, 2.05) is 13.1 Å². The van der Waals surface area contributed by atoms with Crippen LogP contribution in [-0.2, 0) is 16.1 Å². The molecule has 1 unspecified atom stereocenters. The predicted molar refractivity (Wildman–Crippen MR) is 73.2 cm³/mol. The third-order valence-corrected chi connectivity index (χ3v) is 3.68. The Balaban J connectivity index is 1.96. The molecule has 0 radical (unpaired) electrons. The quantitative estimate of drug-likeness (QED) is 0.904. The van der Waals surface area contributed by atoms with Gasteiger partial charge in [-0.25, -0.2) is 4.79 Å². The van der Waals surface area contributed by atoms with Crippen LogP contribution >= 0.6 is 0 Å². The summed E-state index contributed by atoms with van der Waals surface area (Å²) in [6, 6.07) is -0.663. The molecule has 1 aromatic heterocycles. The van der Waals surface area contributed by atoms with E-state index in [0.29, 0.717) is 25.9 Å². The first-order valence-corrected chi connectivity index (χ1v) is 7.09. The van der Waals surface area contributed by atoms with Crippen LogP contribution in [0.4, 0.5) is 0 Å². The van der Waals surface area contributed by atoms with Crippen molar-refractivity contribution in [3.8, 4) is 0 Å². The van der Waals surface area contributed by atoms with Crippen LogP contribution in [0.1, 0.15) is 37.7 Å². The second-order valence-corrected chi connectivity index (χ2v) is 5.32. The minimum atomic E-state index is -0.893. The second kappa shape index (κ2) is 6.54. The average molecular weight is 279 g/mol. The maximum Gasteiger partial charge on any atom is 0.326 e. The van der Waals surface area contributed by atoms with Gasteiger partial charge in [0.25, 0.3) is 0 Å². The molecule has 1 N–H and O–H groups in total. The summed E-state index contributed by atoms with van der Waals surface area (Å²) in [5.74, 6) is -0.984. The zero-order valence-electron chi connectivity index (χ0n) is 11.8. The van der Waals surface area contributed by atoms with Crippen LogP contribution in [-0.4, -0.2) is 44.3 Å². The molecule has 1 fully saturated rings. The van der Waals surface area contributed by atoms with Crippen LogP contribution in [0, 0.1) is 6.92 Å². The summed E-state index contributed by atoms with van der Waals surface area (Å²) in [4.78, 5) is 25.1. The fraction of sp³-hybridized carbons (Fsp3) is 0.643. The number of carbonyl (C=O) groups excluding carboxylic acids is 1. The van der Waals surface area contributed by atoms with E-state index in [9.17, 15) is 14.7 Å². The molecule has 1 atom stereocenters. The van der Waals surface area contributed by atoms with Crippen molar-refractivity contribution in [2.75, 3.05) is 6.54 Å². The summed E-state index contributed by atoms with van der Waals surface area (Å²) in [5.41, 5.74) is 1.05. The number of carboxylic acids is 1. The molecule has 2 heterocycles. The van der Waals surface area contributed by atoms with Crippen LogP contribution in [0.15, 0.2) is 12.4 Å². The molecule has 110 valence electrons. The third kappa shape index (κ3) is 3.59. The monoisotopic (exact) mass is 279 g/mol. The molecule has 1 aliphatic rings. The molecule has 0 spiro atoms. The molecule has 2 rings (SSSR count). The third-order valence-electron chi connectivity index (χ3n) is 3.68. The molecular formula is C14H21N3O3. The van der Waals surface area contributed by atoms with Crippen molar-refractivity contribution in [2.24, 2.45) is 0 Å². The second-order valence-electron chi connectivity index (χ2n) is 5.32. The van der Waals surface area contributed by atoms with Crippen molar-refractivity contribution in [1.82, 2.24) is 14.7 Å². The molecular weight excluding hydrogens is 258 g/mol. The van der Waals surface area contributed by atoms with Gasteiger partial charge in [0.05, 0.1) is 6.20 Å². The molecule has 20 heavy (non-hydrogen) atoms. The van der Waals surface area contributed by atoms with Crippen molar-refractivity contribution >= 4 is 11.9 Å². The number of aryl methyl sites for hydroxylation is 2. The van der Waals surface area contributed by atoms with Crippen molar-refractivity contribution < 1.29 is 14.7 Å². The van der Waals surface area contributed by atoms with Crippen LogP contribution in [0.5, 0.6) is 0 Å². The fourth-order valence-corrected chi connectivity index (χ4v) is 2.61. The number of carbonyl (C=O) groups is 2. The number of rotatable bonds is 4. The van der Waals surface area contributed by atoms with Gasteiger partial charge in [0.2, 0.25) is 5.91 Å². The summed E-state index contributed by atoms with van der Waals surface area (Å²) in [6.45, 7) is 2.99. The standard InChI is InChI=1S/C14H21N3O3/c1-11-9-15-16(10-11)8-6-13(18)17-7-4-2-3-5-12(17)14(19)20/h9-10,12H,2-8H2,1H3,(H,19,20). The Morgan fingerprint density at radius 2 is 2.20 bits per heavy atom. The minimum absolute atomic E-state index is 0.0903. The molecule has 1 aromatic rings. The number of nitrogens with zero attached hydrogens (tertiary/aromatic N) is 3. The largest absolute Gasteiger partial charge is 0.480 e. The van der Waals surface area contributed by atoms with Crippen LogP contribution in [0.2, 0.25) is 0 Å². The van der Waals surface area contributed by atoms with Crippen LogP contribution < -0.4 is 0 Å². The predicted octanol–water partition coefficient (Wildman–Crippen LogP) is 1.44. The maximum atomic E-state index is 12.3. The lowest BCUT2D eigenvalue weighted by atomic mass is 10.1. The fourth-order valence-electron chi connectivity index (χ4n) is 2.61. The summed E-state index contributed by atoms with van der Waals surface area (Å²) < 4.78 is 1.72. The van der Waals surface area contributed by atoms with E-state index < -0.39 is 12.0 Å². The summed E-state index contributed by atoms with van der Waals surface area (Å²) in [6.07, 6.45) is 7.23. The van der Waals surface area contributed by atoms with E-state index in [-0.39, 0.29) is 5.91 Å². The first-order chi connectivity index (χ1) is 9.58. The Morgan fingerprint density at radius 1 is 1.40 bits per heavy atom. The van der Waals surface area contributed by atoms with Gasteiger partial charge < -0.3 is 10.0 Å². The number of hydrogen-bond donors (Lipinski definition) is 1. The highest BCUT2D eigenvalue weighted by atomic mass is 16.4. The van der Waals surface area contributed by atoms with E-state index in [0.717, 1.165) is 24.8 Å². The van der Waals surface area contributed by atoms with Crippen molar-refractivity contribution in [3.63, 3.8) is 0 Å². The Morgan fingerprint density at radius 3 is 2.85 bits per heavy atom. The Labute approximate surface area is 118 Å². The normalized spacial score (nSPS) is 19.6. The summed E-state index contributed by atoms with van der Waals surface area (Å²) in [5, 5.41) is 13.4. The highest BCUT2D eigenvalue weighted by Crippen LogP contribution is 2.18. The van der Waals surface area contributed by atoms with Crippen molar-refractivity contribution in [3.05, 3.63) is 18.0 Å². The number of likely N-dealkylation sites (tertiary alicyclic amines) is 1. The number of amides is 1. The average Bonchev–Trinajstić information content (AvgIpc) is 2.68.